The SMILES string of the molecule is CCCOC(=O)Nc1cn(C)nn1. The zero-order valence-electron chi connectivity index (χ0n) is 7.65. The Bertz CT molecular complexity index is 284. The molecular weight excluding hydrogens is 172 g/mol. The van der Waals surface area contributed by atoms with Gasteiger partial charge in [-0.3, -0.25) is 10.00 Å². The van der Waals surface area contributed by atoms with Crippen LogP contribution in [0.5, 0.6) is 0 Å². The highest BCUT2D eigenvalue weighted by molar-refractivity contribution is 5.82. The molecule has 1 aromatic rings. The fourth-order valence-corrected chi connectivity index (χ4v) is 0.740. The number of nitrogens with zero attached hydrogens (tertiary/aromatic N) is 3. The lowest BCUT2D eigenvalue weighted by Crippen LogP contribution is -2.14. The summed E-state index contributed by atoms with van der Waals surface area (Å²) in [5.74, 6) is 0.392. The molecule has 0 aliphatic rings. The van der Waals surface area contributed by atoms with Crippen molar-refractivity contribution in [1.29, 1.82) is 0 Å². The average Bonchev–Trinajstić information content (AvgIpc) is 2.48. The van der Waals surface area contributed by atoms with Crippen molar-refractivity contribution >= 4 is 11.9 Å². The summed E-state index contributed by atoms with van der Waals surface area (Å²) in [6.45, 7) is 2.34. The van der Waals surface area contributed by atoms with Crippen LogP contribution >= 0.6 is 0 Å². The number of aryl methyl sites for hydroxylation is 1. The fraction of sp³-hybridized carbons (Fsp3) is 0.571. The van der Waals surface area contributed by atoms with Gasteiger partial charge in [-0.05, 0) is 6.42 Å². The van der Waals surface area contributed by atoms with Gasteiger partial charge in [-0.1, -0.05) is 12.1 Å². The number of amides is 1. The van der Waals surface area contributed by atoms with Crippen LogP contribution in [-0.4, -0.2) is 27.7 Å². The molecule has 1 N–H and O–H groups in total. The molecule has 6 heteroatoms. The van der Waals surface area contributed by atoms with Crippen molar-refractivity contribution < 1.29 is 9.53 Å². The molecule has 1 aromatic heterocycles. The summed E-state index contributed by atoms with van der Waals surface area (Å²) in [6, 6.07) is 0. The summed E-state index contributed by atoms with van der Waals surface area (Å²) in [7, 11) is 1.72. The second-order valence-electron chi connectivity index (χ2n) is 2.54. The Hall–Kier alpha value is -1.59. The Labute approximate surface area is 75.9 Å². The van der Waals surface area contributed by atoms with Crippen molar-refractivity contribution in [3.8, 4) is 0 Å². The van der Waals surface area contributed by atoms with E-state index in [0.717, 1.165) is 6.42 Å². The predicted octanol–water partition coefficient (Wildman–Crippen LogP) is 0.774. The van der Waals surface area contributed by atoms with Crippen LogP contribution < -0.4 is 5.32 Å². The van der Waals surface area contributed by atoms with Crippen LogP contribution in [0.15, 0.2) is 6.20 Å². The van der Waals surface area contributed by atoms with Gasteiger partial charge in [0.15, 0.2) is 5.82 Å². The molecule has 13 heavy (non-hydrogen) atoms. The molecule has 0 radical (unpaired) electrons. The molecular formula is C7H12N4O2. The summed E-state index contributed by atoms with van der Waals surface area (Å²) >= 11 is 0. The topological polar surface area (TPSA) is 69.0 Å². The number of hydrogen-bond acceptors (Lipinski definition) is 4. The highest BCUT2D eigenvalue weighted by Crippen LogP contribution is 1.98. The minimum absolute atomic E-state index is 0.392. The highest BCUT2D eigenvalue weighted by Gasteiger charge is 2.04. The molecule has 1 heterocycles. The minimum Gasteiger partial charge on any atom is -0.449 e. The zero-order chi connectivity index (χ0) is 9.68. The molecule has 0 aliphatic heterocycles. The van der Waals surface area contributed by atoms with E-state index in [1.54, 1.807) is 13.2 Å². The number of nitrogens with one attached hydrogen (secondary N) is 1. The number of hydrogen-bond donors (Lipinski definition) is 1. The number of carbonyl (C=O) groups excluding carboxylic acids is 1. The monoisotopic (exact) mass is 184 g/mol. The van der Waals surface area contributed by atoms with Gasteiger partial charge in [0.25, 0.3) is 0 Å². The van der Waals surface area contributed by atoms with Crippen LogP contribution in [0.1, 0.15) is 13.3 Å². The van der Waals surface area contributed by atoms with Gasteiger partial charge in [0.2, 0.25) is 0 Å². The predicted molar refractivity (Wildman–Crippen MR) is 46.3 cm³/mol. The first-order valence-corrected chi connectivity index (χ1v) is 4.02. The zero-order valence-corrected chi connectivity index (χ0v) is 7.65. The molecule has 0 saturated heterocycles. The van der Waals surface area contributed by atoms with E-state index in [1.807, 2.05) is 6.92 Å². The van der Waals surface area contributed by atoms with Gasteiger partial charge in [-0.25, -0.2) is 4.79 Å². The first-order valence-electron chi connectivity index (χ1n) is 4.02. The van der Waals surface area contributed by atoms with Crippen LogP contribution in [0, 0.1) is 0 Å². The molecule has 0 fully saturated rings. The number of ether oxygens (including phenoxy) is 1. The Balaban J connectivity index is 2.36. The molecule has 1 amide bonds. The maximum atomic E-state index is 11.0. The quantitative estimate of drug-likeness (QED) is 0.753. The van der Waals surface area contributed by atoms with Crippen LogP contribution in [0.3, 0.4) is 0 Å². The Morgan fingerprint density at radius 2 is 2.54 bits per heavy atom. The summed E-state index contributed by atoms with van der Waals surface area (Å²) < 4.78 is 6.27. The first kappa shape index (κ1) is 9.50. The van der Waals surface area contributed by atoms with Gasteiger partial charge in [-0.2, -0.15) is 0 Å². The molecule has 0 atom stereocenters. The Kier molecular flexibility index (Phi) is 3.24. The van der Waals surface area contributed by atoms with E-state index in [1.165, 1.54) is 4.68 Å². The van der Waals surface area contributed by atoms with Gasteiger partial charge in [0.05, 0.1) is 12.8 Å². The molecule has 0 bridgehead atoms. The summed E-state index contributed by atoms with van der Waals surface area (Å²) in [5.41, 5.74) is 0. The fourth-order valence-electron chi connectivity index (χ4n) is 0.740. The number of aromatic nitrogens is 3. The van der Waals surface area contributed by atoms with Gasteiger partial charge >= 0.3 is 6.09 Å². The molecule has 0 unspecified atom stereocenters. The molecule has 0 spiro atoms. The summed E-state index contributed by atoms with van der Waals surface area (Å²) in [4.78, 5) is 11.0. The Morgan fingerprint density at radius 1 is 1.77 bits per heavy atom. The van der Waals surface area contributed by atoms with E-state index in [2.05, 4.69) is 15.6 Å². The van der Waals surface area contributed by atoms with Crippen LogP contribution in [0.4, 0.5) is 10.6 Å². The number of rotatable bonds is 3. The normalized spacial score (nSPS) is 9.69. The maximum Gasteiger partial charge on any atom is 0.412 e. The van der Waals surface area contributed by atoms with Crippen LogP contribution in [-0.2, 0) is 11.8 Å². The minimum atomic E-state index is -0.498. The van der Waals surface area contributed by atoms with Crippen molar-refractivity contribution in [2.24, 2.45) is 7.05 Å². The van der Waals surface area contributed by atoms with Crippen molar-refractivity contribution in [3.05, 3.63) is 6.20 Å². The van der Waals surface area contributed by atoms with E-state index < -0.39 is 6.09 Å². The Morgan fingerprint density at radius 3 is 3.08 bits per heavy atom. The summed E-state index contributed by atoms with van der Waals surface area (Å²) in [6.07, 6.45) is 1.89. The molecule has 0 aromatic carbocycles. The van der Waals surface area contributed by atoms with Gasteiger partial charge in [-0.15, -0.1) is 5.10 Å². The molecule has 1 rings (SSSR count). The van der Waals surface area contributed by atoms with Crippen molar-refractivity contribution in [2.45, 2.75) is 13.3 Å². The third-order valence-corrected chi connectivity index (χ3v) is 1.27. The van der Waals surface area contributed by atoms with Gasteiger partial charge in [0.1, 0.15) is 0 Å². The van der Waals surface area contributed by atoms with E-state index in [0.29, 0.717) is 12.4 Å². The van der Waals surface area contributed by atoms with Crippen LogP contribution in [0.2, 0.25) is 0 Å². The smallest absolute Gasteiger partial charge is 0.412 e. The molecule has 0 saturated carbocycles. The molecule has 6 nitrogen and oxygen atoms in total. The highest BCUT2D eigenvalue weighted by atomic mass is 16.5. The lowest BCUT2D eigenvalue weighted by Gasteiger charge is -2.01. The first-order chi connectivity index (χ1) is 6.22. The molecule has 72 valence electrons. The standard InChI is InChI=1S/C7H12N4O2/c1-3-4-13-7(12)8-6-5-11(2)10-9-6/h5H,3-4H2,1-2H3,(H,8,12). The number of carbonyl (C=O) groups is 1. The summed E-state index contributed by atoms with van der Waals surface area (Å²) in [5, 5.41) is 9.75. The van der Waals surface area contributed by atoms with Crippen molar-refractivity contribution in [1.82, 2.24) is 15.0 Å². The lowest BCUT2D eigenvalue weighted by atomic mass is 10.5. The third-order valence-electron chi connectivity index (χ3n) is 1.27. The maximum absolute atomic E-state index is 11.0. The second-order valence-corrected chi connectivity index (χ2v) is 2.54. The molecule has 0 aliphatic carbocycles. The average molecular weight is 184 g/mol. The van der Waals surface area contributed by atoms with Crippen molar-refractivity contribution in [2.75, 3.05) is 11.9 Å². The van der Waals surface area contributed by atoms with Gasteiger partial charge < -0.3 is 4.74 Å². The van der Waals surface area contributed by atoms with Crippen LogP contribution in [0.25, 0.3) is 0 Å². The van der Waals surface area contributed by atoms with Crippen molar-refractivity contribution in [3.63, 3.8) is 0 Å². The van der Waals surface area contributed by atoms with E-state index >= 15 is 0 Å². The number of anilines is 1. The second kappa shape index (κ2) is 4.44. The largest absolute Gasteiger partial charge is 0.449 e. The van der Waals surface area contributed by atoms with E-state index in [-0.39, 0.29) is 0 Å². The lowest BCUT2D eigenvalue weighted by molar-refractivity contribution is 0.161. The van der Waals surface area contributed by atoms with Gasteiger partial charge in [0, 0.05) is 7.05 Å². The van der Waals surface area contributed by atoms with E-state index in [4.69, 9.17) is 4.74 Å². The van der Waals surface area contributed by atoms with E-state index in [9.17, 15) is 4.79 Å². The third kappa shape index (κ3) is 3.10.